The van der Waals surface area contributed by atoms with Gasteiger partial charge in [0, 0.05) is 44.2 Å². The Balaban J connectivity index is 2.51. The Bertz CT molecular complexity index is 423. The third kappa shape index (κ3) is 6.40. The number of hydrogen-bond acceptors (Lipinski definition) is 4. The number of piperazine rings is 1. The molecule has 6 nitrogen and oxygen atoms in total. The molecule has 24 heavy (non-hydrogen) atoms. The van der Waals surface area contributed by atoms with Gasteiger partial charge in [0.15, 0.2) is 0 Å². The summed E-state index contributed by atoms with van der Waals surface area (Å²) in [5.74, 6) is 0.241. The predicted octanol–water partition coefficient (Wildman–Crippen LogP) is 0.925. The lowest BCUT2D eigenvalue weighted by molar-refractivity contribution is -0.133. The van der Waals surface area contributed by atoms with E-state index in [1.165, 1.54) is 0 Å². The van der Waals surface area contributed by atoms with Gasteiger partial charge in [-0.25, -0.2) is 0 Å². The summed E-state index contributed by atoms with van der Waals surface area (Å²) in [4.78, 5) is 29.1. The fourth-order valence-electron chi connectivity index (χ4n) is 2.78. The maximum Gasteiger partial charge on any atom is 0.242 e. The highest BCUT2D eigenvalue weighted by atomic mass is 16.2. The van der Waals surface area contributed by atoms with E-state index >= 15 is 0 Å². The van der Waals surface area contributed by atoms with Crippen LogP contribution >= 0.6 is 0 Å². The topological polar surface area (TPSA) is 64.7 Å². The van der Waals surface area contributed by atoms with E-state index in [0.29, 0.717) is 18.5 Å². The van der Waals surface area contributed by atoms with Gasteiger partial charge in [-0.1, -0.05) is 34.6 Å². The summed E-state index contributed by atoms with van der Waals surface area (Å²) in [6.45, 7) is 16.5. The molecule has 2 atom stereocenters. The van der Waals surface area contributed by atoms with Gasteiger partial charge in [-0.05, 0) is 19.9 Å². The minimum absolute atomic E-state index is 0.107. The van der Waals surface area contributed by atoms with Crippen LogP contribution in [0, 0.1) is 11.3 Å². The van der Waals surface area contributed by atoms with Gasteiger partial charge in [-0.15, -0.1) is 0 Å². The van der Waals surface area contributed by atoms with Crippen LogP contribution in [-0.2, 0) is 9.59 Å². The number of carbonyl (C=O) groups excluding carboxylic acids is 2. The van der Waals surface area contributed by atoms with Gasteiger partial charge in [0.25, 0.3) is 0 Å². The highest BCUT2D eigenvalue weighted by Crippen LogP contribution is 2.14. The first-order valence-electron chi connectivity index (χ1n) is 9.03. The zero-order chi connectivity index (χ0) is 18.5. The molecule has 0 aliphatic carbocycles. The largest absolute Gasteiger partial charge is 0.353 e. The lowest BCUT2D eigenvalue weighted by atomic mass is 9.95. The third-order valence-electron chi connectivity index (χ3n) is 4.68. The van der Waals surface area contributed by atoms with Crippen molar-refractivity contribution < 1.29 is 9.59 Å². The Morgan fingerprint density at radius 2 is 1.58 bits per heavy atom. The van der Waals surface area contributed by atoms with E-state index in [0.717, 1.165) is 26.2 Å². The lowest BCUT2D eigenvalue weighted by Crippen LogP contribution is -2.56. The zero-order valence-corrected chi connectivity index (χ0v) is 16.5. The van der Waals surface area contributed by atoms with Crippen LogP contribution in [0.3, 0.4) is 0 Å². The SMILES string of the molecule is CC(NC(=O)C(C)(C)C)C(=O)NCC(C(C)C)N1CCN(C)CC1. The van der Waals surface area contributed by atoms with Crippen molar-refractivity contribution in [2.45, 2.75) is 53.6 Å². The number of hydrogen-bond donors (Lipinski definition) is 2. The fraction of sp³-hybridized carbons (Fsp3) is 0.889. The van der Waals surface area contributed by atoms with Crippen LogP contribution in [0.1, 0.15) is 41.5 Å². The minimum atomic E-state index is -0.517. The normalized spacial score (nSPS) is 19.8. The van der Waals surface area contributed by atoms with E-state index in [2.05, 4.69) is 41.3 Å². The van der Waals surface area contributed by atoms with Gasteiger partial charge in [0.1, 0.15) is 6.04 Å². The number of nitrogens with zero attached hydrogens (tertiary/aromatic N) is 2. The first-order chi connectivity index (χ1) is 11.0. The number of nitrogens with one attached hydrogen (secondary N) is 2. The number of rotatable bonds is 6. The molecule has 0 aromatic rings. The Labute approximate surface area is 147 Å². The van der Waals surface area contributed by atoms with Gasteiger partial charge in [-0.2, -0.15) is 0 Å². The minimum Gasteiger partial charge on any atom is -0.353 e. The monoisotopic (exact) mass is 340 g/mol. The fourth-order valence-corrected chi connectivity index (χ4v) is 2.78. The Morgan fingerprint density at radius 3 is 2.04 bits per heavy atom. The zero-order valence-electron chi connectivity index (χ0n) is 16.5. The summed E-state index contributed by atoms with van der Waals surface area (Å²) in [6, 6.07) is -0.190. The van der Waals surface area contributed by atoms with Gasteiger partial charge in [-0.3, -0.25) is 14.5 Å². The van der Waals surface area contributed by atoms with Gasteiger partial charge in [0.05, 0.1) is 0 Å². The maximum atomic E-state index is 12.3. The molecule has 0 aromatic heterocycles. The van der Waals surface area contributed by atoms with Crippen LogP contribution in [0.4, 0.5) is 0 Å². The maximum absolute atomic E-state index is 12.3. The molecule has 1 heterocycles. The average Bonchev–Trinajstić information content (AvgIpc) is 2.47. The van der Waals surface area contributed by atoms with Crippen LogP contribution in [0.2, 0.25) is 0 Å². The third-order valence-corrected chi connectivity index (χ3v) is 4.68. The number of likely N-dealkylation sites (N-methyl/N-ethyl adjacent to an activating group) is 1. The predicted molar refractivity (Wildman–Crippen MR) is 97.8 cm³/mol. The molecular formula is C18H36N4O2. The molecule has 6 heteroatoms. The van der Waals surface area contributed by atoms with Crippen LogP contribution < -0.4 is 10.6 Å². The molecule has 1 fully saturated rings. The van der Waals surface area contributed by atoms with E-state index in [9.17, 15) is 9.59 Å². The van der Waals surface area contributed by atoms with Gasteiger partial charge in [0.2, 0.25) is 11.8 Å². The van der Waals surface area contributed by atoms with Crippen LogP contribution in [0.15, 0.2) is 0 Å². The van der Waals surface area contributed by atoms with Crippen molar-refractivity contribution in [1.29, 1.82) is 0 Å². The summed E-state index contributed by atoms with van der Waals surface area (Å²) >= 11 is 0. The molecule has 0 radical (unpaired) electrons. The highest BCUT2D eigenvalue weighted by molar-refractivity contribution is 5.89. The van der Waals surface area contributed by atoms with Crippen molar-refractivity contribution >= 4 is 11.8 Å². The molecule has 0 spiro atoms. The molecule has 140 valence electrons. The van der Waals surface area contributed by atoms with Crippen molar-refractivity contribution in [3.8, 4) is 0 Å². The quantitative estimate of drug-likeness (QED) is 0.755. The van der Waals surface area contributed by atoms with Crippen LogP contribution in [0.25, 0.3) is 0 Å². The molecule has 0 bridgehead atoms. The van der Waals surface area contributed by atoms with E-state index in [1.54, 1.807) is 6.92 Å². The molecule has 2 amide bonds. The van der Waals surface area contributed by atoms with E-state index in [4.69, 9.17) is 0 Å². The Morgan fingerprint density at radius 1 is 1.04 bits per heavy atom. The molecule has 1 saturated heterocycles. The van der Waals surface area contributed by atoms with E-state index < -0.39 is 11.5 Å². The summed E-state index contributed by atoms with van der Waals surface area (Å²) < 4.78 is 0. The van der Waals surface area contributed by atoms with Gasteiger partial charge >= 0.3 is 0 Å². The smallest absolute Gasteiger partial charge is 0.242 e. The van der Waals surface area contributed by atoms with Crippen molar-refractivity contribution in [3.05, 3.63) is 0 Å². The number of carbonyl (C=O) groups is 2. The second kappa shape index (κ2) is 8.81. The molecule has 2 N–H and O–H groups in total. The van der Waals surface area contributed by atoms with Crippen molar-refractivity contribution in [2.75, 3.05) is 39.8 Å². The van der Waals surface area contributed by atoms with Gasteiger partial charge < -0.3 is 15.5 Å². The van der Waals surface area contributed by atoms with Crippen molar-refractivity contribution in [1.82, 2.24) is 20.4 Å². The first kappa shape index (κ1) is 20.9. The summed E-state index contributed by atoms with van der Waals surface area (Å²) in [6.07, 6.45) is 0. The molecule has 1 rings (SSSR count). The molecule has 0 aromatic carbocycles. The molecule has 1 aliphatic heterocycles. The summed E-state index contributed by atoms with van der Waals surface area (Å²) in [5.41, 5.74) is -0.491. The van der Waals surface area contributed by atoms with Crippen LogP contribution in [-0.4, -0.2) is 73.5 Å². The second-order valence-corrected chi connectivity index (χ2v) is 8.34. The lowest BCUT2D eigenvalue weighted by Gasteiger charge is -2.40. The number of amides is 2. The molecular weight excluding hydrogens is 304 g/mol. The second-order valence-electron chi connectivity index (χ2n) is 8.34. The first-order valence-corrected chi connectivity index (χ1v) is 9.03. The summed E-state index contributed by atoms with van der Waals surface area (Å²) in [5, 5.41) is 5.81. The summed E-state index contributed by atoms with van der Waals surface area (Å²) in [7, 11) is 2.14. The van der Waals surface area contributed by atoms with E-state index in [-0.39, 0.29) is 11.8 Å². The van der Waals surface area contributed by atoms with E-state index in [1.807, 2.05) is 20.8 Å². The van der Waals surface area contributed by atoms with Crippen molar-refractivity contribution in [2.24, 2.45) is 11.3 Å². The van der Waals surface area contributed by atoms with Crippen molar-refractivity contribution in [3.63, 3.8) is 0 Å². The molecule has 0 saturated carbocycles. The molecule has 1 aliphatic rings. The van der Waals surface area contributed by atoms with Crippen LogP contribution in [0.5, 0.6) is 0 Å². The standard InChI is InChI=1S/C18H36N4O2/c1-13(2)15(22-10-8-21(7)9-11-22)12-19-16(23)14(3)20-17(24)18(4,5)6/h13-15H,8-12H2,1-7H3,(H,19,23)(H,20,24). The Hall–Kier alpha value is -1.14. The average molecular weight is 341 g/mol. The molecule has 2 unspecified atom stereocenters. The Kier molecular flexibility index (Phi) is 7.67. The highest BCUT2D eigenvalue weighted by Gasteiger charge is 2.28.